The summed E-state index contributed by atoms with van der Waals surface area (Å²) in [6, 6.07) is 12.6. The molecule has 26 heavy (non-hydrogen) atoms. The number of nitro benzene ring substituents is 1. The number of nitro groups is 1. The lowest BCUT2D eigenvalue weighted by atomic mass is 10.2. The number of carbonyl (C=O) groups excluding carboxylic acids is 2. The van der Waals surface area contributed by atoms with Gasteiger partial charge in [-0.1, -0.05) is 24.3 Å². The van der Waals surface area contributed by atoms with Crippen molar-refractivity contribution in [2.45, 2.75) is 0 Å². The maximum absolute atomic E-state index is 12.1. The van der Waals surface area contributed by atoms with E-state index in [1.165, 1.54) is 25.3 Å². The molecular formula is C17H16N4O5. The highest BCUT2D eigenvalue weighted by atomic mass is 16.6. The van der Waals surface area contributed by atoms with Crippen molar-refractivity contribution in [2.75, 3.05) is 13.7 Å². The number of methoxy groups -OCH3 is 1. The summed E-state index contributed by atoms with van der Waals surface area (Å²) in [5, 5.41) is 17.0. The summed E-state index contributed by atoms with van der Waals surface area (Å²) in [6.45, 7) is -0.314. The second-order valence-electron chi connectivity index (χ2n) is 4.99. The van der Waals surface area contributed by atoms with Crippen molar-refractivity contribution in [3.63, 3.8) is 0 Å². The van der Waals surface area contributed by atoms with Gasteiger partial charge in [-0.15, -0.1) is 0 Å². The Balaban J connectivity index is 1.90. The van der Waals surface area contributed by atoms with Crippen LogP contribution in [0, 0.1) is 10.1 Å². The van der Waals surface area contributed by atoms with Crippen LogP contribution in [-0.4, -0.2) is 36.6 Å². The molecule has 0 atom stereocenters. The van der Waals surface area contributed by atoms with Gasteiger partial charge in [-0.3, -0.25) is 19.7 Å². The van der Waals surface area contributed by atoms with Gasteiger partial charge in [0.05, 0.1) is 35.9 Å². The molecule has 0 bridgehead atoms. The van der Waals surface area contributed by atoms with Gasteiger partial charge in [0.15, 0.2) is 0 Å². The highest BCUT2D eigenvalue weighted by Crippen LogP contribution is 2.16. The number of hydrogen-bond donors (Lipinski definition) is 2. The van der Waals surface area contributed by atoms with Gasteiger partial charge in [-0.05, 0) is 18.2 Å². The van der Waals surface area contributed by atoms with Crippen LogP contribution < -0.4 is 15.5 Å². The second kappa shape index (κ2) is 8.92. The van der Waals surface area contributed by atoms with Gasteiger partial charge in [-0.2, -0.15) is 5.10 Å². The maximum Gasteiger partial charge on any atom is 0.278 e. The van der Waals surface area contributed by atoms with Gasteiger partial charge < -0.3 is 10.1 Å². The first-order chi connectivity index (χ1) is 12.5. The highest BCUT2D eigenvalue weighted by molar-refractivity contribution is 5.98. The van der Waals surface area contributed by atoms with Gasteiger partial charge >= 0.3 is 0 Å². The minimum atomic E-state index is -0.580. The molecular weight excluding hydrogens is 340 g/mol. The smallest absolute Gasteiger partial charge is 0.278 e. The van der Waals surface area contributed by atoms with Crippen molar-refractivity contribution in [3.8, 4) is 5.75 Å². The number of nitrogens with zero attached hydrogens (tertiary/aromatic N) is 2. The first kappa shape index (κ1) is 18.6. The van der Waals surface area contributed by atoms with Crippen LogP contribution in [-0.2, 0) is 4.79 Å². The number of rotatable bonds is 7. The summed E-state index contributed by atoms with van der Waals surface area (Å²) in [7, 11) is 1.44. The van der Waals surface area contributed by atoms with E-state index in [9.17, 15) is 19.7 Å². The first-order valence-electron chi connectivity index (χ1n) is 7.49. The predicted octanol–water partition coefficient (Wildman–Crippen LogP) is 1.48. The molecule has 0 saturated heterocycles. The number of para-hydroxylation sites is 2. The third-order valence-electron chi connectivity index (χ3n) is 3.29. The maximum atomic E-state index is 12.1. The van der Waals surface area contributed by atoms with Gasteiger partial charge in [0, 0.05) is 6.07 Å². The Hall–Kier alpha value is -3.75. The molecule has 0 aliphatic heterocycles. The zero-order chi connectivity index (χ0) is 18.9. The van der Waals surface area contributed by atoms with Crippen LogP contribution in [0.3, 0.4) is 0 Å². The van der Waals surface area contributed by atoms with Crippen LogP contribution in [0.2, 0.25) is 0 Å². The Labute approximate surface area is 148 Å². The molecule has 0 saturated carbocycles. The summed E-state index contributed by atoms with van der Waals surface area (Å²) in [5.74, 6) is -0.664. The summed E-state index contributed by atoms with van der Waals surface area (Å²) in [4.78, 5) is 34.1. The second-order valence-corrected chi connectivity index (χ2v) is 4.99. The molecule has 9 heteroatoms. The Morgan fingerprint density at radius 3 is 2.62 bits per heavy atom. The topological polar surface area (TPSA) is 123 Å². The SMILES string of the molecule is COc1ccccc1C(=O)NCC(=O)NN=Cc1ccccc1[N+](=O)[O-]. The third kappa shape index (κ3) is 4.87. The van der Waals surface area contributed by atoms with E-state index >= 15 is 0 Å². The van der Waals surface area contributed by atoms with E-state index in [-0.39, 0.29) is 17.8 Å². The monoisotopic (exact) mass is 356 g/mol. The minimum Gasteiger partial charge on any atom is -0.496 e. The lowest BCUT2D eigenvalue weighted by Gasteiger charge is -2.08. The van der Waals surface area contributed by atoms with Crippen molar-refractivity contribution in [3.05, 3.63) is 69.8 Å². The average Bonchev–Trinajstić information content (AvgIpc) is 2.66. The molecule has 0 radical (unpaired) electrons. The normalized spacial score (nSPS) is 10.3. The number of hydrazone groups is 1. The third-order valence-corrected chi connectivity index (χ3v) is 3.29. The lowest BCUT2D eigenvalue weighted by molar-refractivity contribution is -0.385. The summed E-state index contributed by atoms with van der Waals surface area (Å²) in [5.41, 5.74) is 2.61. The quantitative estimate of drug-likeness (QED) is 0.442. The number of hydrogen-bond acceptors (Lipinski definition) is 6. The van der Waals surface area contributed by atoms with Crippen LogP contribution >= 0.6 is 0 Å². The van der Waals surface area contributed by atoms with E-state index in [0.29, 0.717) is 11.3 Å². The zero-order valence-corrected chi connectivity index (χ0v) is 13.8. The Bertz CT molecular complexity index is 851. The van der Waals surface area contributed by atoms with Crippen molar-refractivity contribution in [2.24, 2.45) is 5.10 Å². The number of benzene rings is 2. The van der Waals surface area contributed by atoms with Crippen LogP contribution in [0.15, 0.2) is 53.6 Å². The van der Waals surface area contributed by atoms with Crippen molar-refractivity contribution in [1.29, 1.82) is 0 Å². The Morgan fingerprint density at radius 1 is 1.19 bits per heavy atom. The van der Waals surface area contributed by atoms with E-state index in [4.69, 9.17) is 4.74 Å². The minimum absolute atomic E-state index is 0.130. The molecule has 2 amide bonds. The van der Waals surface area contributed by atoms with Crippen molar-refractivity contribution in [1.82, 2.24) is 10.7 Å². The predicted molar refractivity (Wildman–Crippen MR) is 94.2 cm³/mol. The van der Waals surface area contributed by atoms with Crippen molar-refractivity contribution >= 4 is 23.7 Å². The molecule has 0 aromatic heterocycles. The van der Waals surface area contributed by atoms with Gasteiger partial charge in [-0.25, -0.2) is 5.43 Å². The number of amides is 2. The van der Waals surface area contributed by atoms with Crippen LogP contribution in [0.25, 0.3) is 0 Å². The van der Waals surface area contributed by atoms with E-state index in [0.717, 1.165) is 6.21 Å². The standard InChI is InChI=1S/C17H16N4O5/c1-26-15-9-5-3-7-13(15)17(23)18-11-16(22)20-19-10-12-6-2-4-8-14(12)21(24)25/h2-10H,11H2,1H3,(H,18,23)(H,20,22). The largest absolute Gasteiger partial charge is 0.496 e. The van der Waals surface area contributed by atoms with Gasteiger partial charge in [0.1, 0.15) is 5.75 Å². The summed E-state index contributed by atoms with van der Waals surface area (Å²) in [6.07, 6.45) is 1.16. The van der Waals surface area contributed by atoms with E-state index in [1.54, 1.807) is 30.3 Å². The molecule has 2 aromatic carbocycles. The molecule has 0 unspecified atom stereocenters. The average molecular weight is 356 g/mol. The van der Waals surface area contributed by atoms with Gasteiger partial charge in [0.2, 0.25) is 0 Å². The fraction of sp³-hybridized carbons (Fsp3) is 0.118. The molecule has 2 N–H and O–H groups in total. The van der Waals surface area contributed by atoms with E-state index in [1.807, 2.05) is 0 Å². The summed E-state index contributed by atoms with van der Waals surface area (Å²) >= 11 is 0. The molecule has 0 aliphatic carbocycles. The van der Waals surface area contributed by atoms with E-state index < -0.39 is 16.7 Å². The molecule has 2 aromatic rings. The zero-order valence-electron chi connectivity index (χ0n) is 13.8. The molecule has 0 aliphatic rings. The van der Waals surface area contributed by atoms with Crippen LogP contribution in [0.4, 0.5) is 5.69 Å². The lowest BCUT2D eigenvalue weighted by Crippen LogP contribution is -2.35. The van der Waals surface area contributed by atoms with E-state index in [2.05, 4.69) is 15.8 Å². The van der Waals surface area contributed by atoms with Crippen LogP contribution in [0.1, 0.15) is 15.9 Å². The molecule has 9 nitrogen and oxygen atoms in total. The molecule has 2 rings (SSSR count). The number of nitrogens with one attached hydrogen (secondary N) is 2. The summed E-state index contributed by atoms with van der Waals surface area (Å²) < 4.78 is 5.08. The molecule has 0 heterocycles. The number of carbonyl (C=O) groups is 2. The first-order valence-corrected chi connectivity index (χ1v) is 7.49. The Kier molecular flexibility index (Phi) is 6.38. The van der Waals surface area contributed by atoms with Gasteiger partial charge in [0.25, 0.3) is 17.5 Å². The van der Waals surface area contributed by atoms with Crippen LogP contribution in [0.5, 0.6) is 5.75 Å². The van der Waals surface area contributed by atoms with Crippen molar-refractivity contribution < 1.29 is 19.2 Å². The molecule has 0 fully saturated rings. The molecule has 0 spiro atoms. The fourth-order valence-corrected chi connectivity index (χ4v) is 2.06. The Morgan fingerprint density at radius 2 is 1.88 bits per heavy atom. The number of ether oxygens (including phenoxy) is 1. The highest BCUT2D eigenvalue weighted by Gasteiger charge is 2.13. The fourth-order valence-electron chi connectivity index (χ4n) is 2.06. The molecule has 134 valence electrons.